The molecular weight excluding hydrogens is 460 g/mol. The Kier molecular flexibility index (Phi) is 7.85. The molecule has 2 aromatic rings. The van der Waals surface area contributed by atoms with Gasteiger partial charge in [0.15, 0.2) is 0 Å². The lowest BCUT2D eigenvalue weighted by Gasteiger charge is -2.53. The lowest BCUT2D eigenvalue weighted by molar-refractivity contribution is -0.138. The van der Waals surface area contributed by atoms with Gasteiger partial charge in [-0.15, -0.1) is 0 Å². The highest BCUT2D eigenvalue weighted by Crippen LogP contribution is 2.45. The number of carboxylic acids is 1. The summed E-state index contributed by atoms with van der Waals surface area (Å²) in [6.45, 7) is 0.963. The zero-order chi connectivity index (χ0) is 25.2. The van der Waals surface area contributed by atoms with E-state index in [1.165, 1.54) is 95.4 Å². The van der Waals surface area contributed by atoms with Crippen molar-refractivity contribution in [2.24, 2.45) is 0 Å². The first-order valence-corrected chi connectivity index (χ1v) is 15.4. The molecule has 6 rings (SSSR count). The number of carbonyl (C=O) groups is 1. The molecule has 4 aliphatic rings. The van der Waals surface area contributed by atoms with Gasteiger partial charge in [0.2, 0.25) is 0 Å². The molecule has 6 heteroatoms. The predicted octanol–water partition coefficient (Wildman–Crippen LogP) is 6.71. The van der Waals surface area contributed by atoms with Gasteiger partial charge in [0, 0.05) is 24.2 Å². The van der Waals surface area contributed by atoms with Gasteiger partial charge in [0.25, 0.3) is 0 Å². The van der Waals surface area contributed by atoms with Gasteiger partial charge < -0.3 is 9.67 Å². The molecule has 3 aliphatic heterocycles. The minimum atomic E-state index is -0.733. The molecule has 0 unspecified atom stereocenters. The molecule has 2 bridgehead atoms. The van der Waals surface area contributed by atoms with Gasteiger partial charge in [-0.1, -0.05) is 63.5 Å². The Bertz CT molecular complexity index is 1040. The lowest BCUT2D eigenvalue weighted by atomic mass is 9.79. The standard InChI is InChI=1S/C31H46N4O2/c36-30(37)22-33-19-11-18-29(33)31-32-27-16-8-9-17-28(27)35(31)26-20-24-14-10-15-25(21-26)34(24)23-12-6-4-2-1-3-5-7-13-23/h8-9,16-17,23-26,29H,1-7,10-15,18-22H2,(H,36,37)/t24-,25+,26-,29-/m1/s1. The van der Waals surface area contributed by atoms with E-state index in [1.807, 2.05) is 0 Å². The fraction of sp³-hybridized carbons (Fsp3) is 0.742. The van der Waals surface area contributed by atoms with E-state index in [2.05, 4.69) is 38.6 Å². The van der Waals surface area contributed by atoms with Gasteiger partial charge in [-0.2, -0.15) is 0 Å². The molecule has 4 atom stereocenters. The van der Waals surface area contributed by atoms with Gasteiger partial charge in [-0.05, 0) is 70.0 Å². The second-order valence-corrected chi connectivity index (χ2v) is 12.4. The summed E-state index contributed by atoms with van der Waals surface area (Å²) in [5, 5.41) is 9.55. The number of nitrogens with zero attached hydrogens (tertiary/aromatic N) is 4. The van der Waals surface area contributed by atoms with Crippen LogP contribution in [0.2, 0.25) is 0 Å². The van der Waals surface area contributed by atoms with E-state index < -0.39 is 5.97 Å². The lowest BCUT2D eigenvalue weighted by Crippen LogP contribution is -2.56. The van der Waals surface area contributed by atoms with Crippen LogP contribution in [0.15, 0.2) is 24.3 Å². The number of aliphatic carboxylic acids is 1. The molecule has 4 heterocycles. The van der Waals surface area contributed by atoms with Crippen molar-refractivity contribution in [1.82, 2.24) is 19.4 Å². The van der Waals surface area contributed by atoms with Gasteiger partial charge in [0.05, 0.1) is 23.6 Å². The van der Waals surface area contributed by atoms with Crippen LogP contribution in [0.3, 0.4) is 0 Å². The van der Waals surface area contributed by atoms with Gasteiger partial charge >= 0.3 is 5.97 Å². The van der Waals surface area contributed by atoms with Gasteiger partial charge in [-0.3, -0.25) is 14.6 Å². The highest BCUT2D eigenvalue weighted by molar-refractivity contribution is 5.76. The quantitative estimate of drug-likeness (QED) is 0.488. The third kappa shape index (κ3) is 5.34. The summed E-state index contributed by atoms with van der Waals surface area (Å²) in [4.78, 5) is 22.0. The van der Waals surface area contributed by atoms with E-state index in [-0.39, 0.29) is 12.6 Å². The number of imidazole rings is 1. The van der Waals surface area contributed by atoms with Crippen LogP contribution in [0.4, 0.5) is 0 Å². The molecule has 3 saturated heterocycles. The summed E-state index contributed by atoms with van der Waals surface area (Å²) in [5.41, 5.74) is 2.31. The number of fused-ring (bicyclic) bond motifs is 3. The first kappa shape index (κ1) is 25.4. The van der Waals surface area contributed by atoms with Gasteiger partial charge in [-0.25, -0.2) is 4.98 Å². The van der Waals surface area contributed by atoms with Crippen LogP contribution in [0, 0.1) is 0 Å². The molecule has 1 saturated carbocycles. The molecule has 6 nitrogen and oxygen atoms in total. The molecule has 1 aromatic heterocycles. The number of hydrogen-bond donors (Lipinski definition) is 1. The second-order valence-electron chi connectivity index (χ2n) is 12.4. The Morgan fingerprint density at radius 2 is 1.43 bits per heavy atom. The largest absolute Gasteiger partial charge is 0.480 e. The maximum atomic E-state index is 11.6. The summed E-state index contributed by atoms with van der Waals surface area (Å²) in [5.74, 6) is 0.387. The van der Waals surface area contributed by atoms with E-state index in [0.29, 0.717) is 18.1 Å². The Labute approximate surface area is 222 Å². The maximum Gasteiger partial charge on any atom is 0.317 e. The van der Waals surface area contributed by atoms with Crippen LogP contribution >= 0.6 is 0 Å². The molecule has 1 aromatic carbocycles. The van der Waals surface area contributed by atoms with E-state index >= 15 is 0 Å². The number of carboxylic acid groups (broad SMARTS) is 1. The van der Waals surface area contributed by atoms with Crippen molar-refractivity contribution < 1.29 is 9.90 Å². The first-order chi connectivity index (χ1) is 18.2. The van der Waals surface area contributed by atoms with Crippen molar-refractivity contribution in [2.45, 2.75) is 133 Å². The van der Waals surface area contributed by atoms with Crippen molar-refractivity contribution >= 4 is 17.0 Å². The van der Waals surface area contributed by atoms with Crippen LogP contribution in [0.1, 0.15) is 121 Å². The normalized spacial score (nSPS) is 31.0. The number of rotatable bonds is 5. The fourth-order valence-electron chi connectivity index (χ4n) is 8.45. The molecule has 0 amide bonds. The summed E-state index contributed by atoms with van der Waals surface area (Å²) in [6.07, 6.45) is 21.2. The fourth-order valence-corrected chi connectivity index (χ4v) is 8.45. The Morgan fingerprint density at radius 1 is 0.784 bits per heavy atom. The summed E-state index contributed by atoms with van der Waals surface area (Å²) in [6, 6.07) is 11.3. The van der Waals surface area contributed by atoms with Crippen molar-refractivity contribution in [3.63, 3.8) is 0 Å². The van der Waals surface area contributed by atoms with Crippen LogP contribution in [0.25, 0.3) is 11.0 Å². The van der Waals surface area contributed by atoms with E-state index in [1.54, 1.807) is 0 Å². The second kappa shape index (κ2) is 11.4. The molecule has 1 N–H and O–H groups in total. The highest BCUT2D eigenvalue weighted by Gasteiger charge is 2.43. The molecule has 0 radical (unpaired) electrons. The number of piperidine rings is 2. The minimum Gasteiger partial charge on any atom is -0.480 e. The third-order valence-corrected chi connectivity index (χ3v) is 9.99. The Hall–Kier alpha value is -1.92. The average molecular weight is 507 g/mol. The number of para-hydroxylation sites is 2. The zero-order valence-electron chi connectivity index (χ0n) is 22.6. The molecule has 1 aliphatic carbocycles. The number of aromatic nitrogens is 2. The molecular formula is C31H46N4O2. The van der Waals surface area contributed by atoms with Crippen LogP contribution < -0.4 is 0 Å². The minimum absolute atomic E-state index is 0.110. The van der Waals surface area contributed by atoms with Gasteiger partial charge in [0.1, 0.15) is 5.82 Å². The van der Waals surface area contributed by atoms with Crippen LogP contribution in [0.5, 0.6) is 0 Å². The highest BCUT2D eigenvalue weighted by atomic mass is 16.4. The predicted molar refractivity (Wildman–Crippen MR) is 148 cm³/mol. The van der Waals surface area contributed by atoms with Crippen molar-refractivity contribution in [1.29, 1.82) is 0 Å². The van der Waals surface area contributed by atoms with Crippen LogP contribution in [-0.2, 0) is 4.79 Å². The molecule has 4 fully saturated rings. The number of benzene rings is 1. The smallest absolute Gasteiger partial charge is 0.317 e. The summed E-state index contributed by atoms with van der Waals surface area (Å²) >= 11 is 0. The maximum absolute atomic E-state index is 11.6. The van der Waals surface area contributed by atoms with E-state index in [9.17, 15) is 9.90 Å². The summed E-state index contributed by atoms with van der Waals surface area (Å²) in [7, 11) is 0. The first-order valence-electron chi connectivity index (χ1n) is 15.4. The van der Waals surface area contributed by atoms with Crippen molar-refractivity contribution in [2.75, 3.05) is 13.1 Å². The zero-order valence-corrected chi connectivity index (χ0v) is 22.6. The molecule has 202 valence electrons. The van der Waals surface area contributed by atoms with Crippen molar-refractivity contribution in [3.8, 4) is 0 Å². The number of hydrogen-bond acceptors (Lipinski definition) is 4. The molecule has 37 heavy (non-hydrogen) atoms. The third-order valence-electron chi connectivity index (χ3n) is 9.99. The van der Waals surface area contributed by atoms with E-state index in [4.69, 9.17) is 4.98 Å². The monoisotopic (exact) mass is 506 g/mol. The topological polar surface area (TPSA) is 61.6 Å². The Morgan fingerprint density at radius 3 is 2.14 bits per heavy atom. The molecule has 0 spiro atoms. The van der Waals surface area contributed by atoms with Crippen LogP contribution in [-0.4, -0.2) is 61.6 Å². The van der Waals surface area contributed by atoms with Crippen molar-refractivity contribution in [3.05, 3.63) is 30.1 Å². The van der Waals surface area contributed by atoms with E-state index in [0.717, 1.165) is 36.8 Å². The number of likely N-dealkylation sites (tertiary alicyclic amines) is 1. The summed E-state index contributed by atoms with van der Waals surface area (Å²) < 4.78 is 2.58. The average Bonchev–Trinajstić information content (AvgIpc) is 3.50. The Balaban J connectivity index is 1.29. The SMILES string of the molecule is O=C(O)CN1CCC[C@@H]1c1nc2ccccc2n1[C@@H]1C[C@H]2CCC[C@@H](C1)N2C1CCCCCCCCC1.